The first-order valence-corrected chi connectivity index (χ1v) is 6.16. The predicted octanol–water partition coefficient (Wildman–Crippen LogP) is 1.81. The average molecular weight is 236 g/mol. The molecule has 1 aliphatic heterocycles. The van der Waals surface area contributed by atoms with Gasteiger partial charge >= 0.3 is 5.97 Å². The Morgan fingerprint density at radius 1 is 1.35 bits per heavy atom. The standard InChI is InChI=1S/C12H16N2O3/c15-12(16)10-7-14(9-1-2-9)13-11(10)8-3-5-17-6-4-8/h7-9H,1-6H2,(H,15,16). The van der Waals surface area contributed by atoms with Crippen molar-refractivity contribution in [2.75, 3.05) is 13.2 Å². The molecule has 17 heavy (non-hydrogen) atoms. The largest absolute Gasteiger partial charge is 0.478 e. The maximum atomic E-state index is 11.2. The highest BCUT2D eigenvalue weighted by atomic mass is 16.5. The van der Waals surface area contributed by atoms with Gasteiger partial charge in [0, 0.05) is 25.3 Å². The molecule has 2 heterocycles. The van der Waals surface area contributed by atoms with E-state index >= 15 is 0 Å². The quantitative estimate of drug-likeness (QED) is 0.869. The fourth-order valence-electron chi connectivity index (χ4n) is 2.37. The van der Waals surface area contributed by atoms with Crippen molar-refractivity contribution in [2.24, 2.45) is 0 Å². The Morgan fingerprint density at radius 2 is 2.06 bits per heavy atom. The van der Waals surface area contributed by atoms with E-state index in [1.165, 1.54) is 0 Å². The summed E-state index contributed by atoms with van der Waals surface area (Å²) in [4.78, 5) is 11.2. The van der Waals surface area contributed by atoms with Crippen LogP contribution in [0.2, 0.25) is 0 Å². The molecule has 1 aromatic heterocycles. The highest BCUT2D eigenvalue weighted by Crippen LogP contribution is 2.36. The monoisotopic (exact) mass is 236 g/mol. The topological polar surface area (TPSA) is 64.3 Å². The minimum atomic E-state index is -0.863. The van der Waals surface area contributed by atoms with Crippen molar-refractivity contribution in [3.63, 3.8) is 0 Å². The Hall–Kier alpha value is -1.36. The van der Waals surface area contributed by atoms with Gasteiger partial charge in [0.1, 0.15) is 5.56 Å². The molecule has 5 heteroatoms. The molecule has 0 atom stereocenters. The number of hydrogen-bond donors (Lipinski definition) is 1. The molecule has 0 unspecified atom stereocenters. The van der Waals surface area contributed by atoms with Gasteiger partial charge in [-0.1, -0.05) is 0 Å². The number of ether oxygens (including phenoxy) is 1. The Kier molecular flexibility index (Phi) is 2.63. The summed E-state index contributed by atoms with van der Waals surface area (Å²) in [6, 6.07) is 0.432. The summed E-state index contributed by atoms with van der Waals surface area (Å²) in [6.07, 6.45) is 5.69. The van der Waals surface area contributed by atoms with E-state index in [0.717, 1.165) is 31.4 Å². The van der Waals surface area contributed by atoms with Gasteiger partial charge < -0.3 is 9.84 Å². The number of rotatable bonds is 3. The predicted molar refractivity (Wildman–Crippen MR) is 60.3 cm³/mol. The van der Waals surface area contributed by atoms with Crippen molar-refractivity contribution in [2.45, 2.75) is 37.6 Å². The zero-order valence-electron chi connectivity index (χ0n) is 9.63. The van der Waals surface area contributed by atoms with Gasteiger partial charge in [0.25, 0.3) is 0 Å². The average Bonchev–Trinajstić information content (AvgIpc) is 3.09. The Labute approximate surface area is 99.4 Å². The van der Waals surface area contributed by atoms with Crippen LogP contribution in [-0.2, 0) is 4.74 Å². The van der Waals surface area contributed by atoms with E-state index in [2.05, 4.69) is 5.10 Å². The number of nitrogens with zero attached hydrogens (tertiary/aromatic N) is 2. The zero-order chi connectivity index (χ0) is 11.8. The number of hydrogen-bond acceptors (Lipinski definition) is 3. The molecule has 0 radical (unpaired) electrons. The van der Waals surface area contributed by atoms with E-state index in [4.69, 9.17) is 4.74 Å². The van der Waals surface area contributed by atoms with Crippen LogP contribution in [-0.4, -0.2) is 34.1 Å². The lowest BCUT2D eigenvalue weighted by molar-refractivity contribution is 0.0684. The minimum absolute atomic E-state index is 0.245. The summed E-state index contributed by atoms with van der Waals surface area (Å²) in [7, 11) is 0. The number of aromatic carboxylic acids is 1. The Balaban J connectivity index is 1.91. The van der Waals surface area contributed by atoms with Gasteiger partial charge in [-0.15, -0.1) is 0 Å². The molecule has 92 valence electrons. The molecule has 3 rings (SSSR count). The number of carbonyl (C=O) groups is 1. The molecule has 0 aromatic carbocycles. The Bertz CT molecular complexity index is 431. The van der Waals surface area contributed by atoms with E-state index in [1.54, 1.807) is 6.20 Å². The SMILES string of the molecule is O=C(O)c1cn(C2CC2)nc1C1CCOCC1. The molecule has 0 amide bonds. The number of aromatic nitrogens is 2. The van der Waals surface area contributed by atoms with E-state index in [1.807, 2.05) is 4.68 Å². The highest BCUT2D eigenvalue weighted by Gasteiger charge is 2.30. The van der Waals surface area contributed by atoms with Gasteiger partial charge in [-0.3, -0.25) is 4.68 Å². The second-order valence-electron chi connectivity index (χ2n) is 4.83. The lowest BCUT2D eigenvalue weighted by atomic mass is 9.94. The molecule has 2 fully saturated rings. The summed E-state index contributed by atoms with van der Waals surface area (Å²) in [6.45, 7) is 1.42. The van der Waals surface area contributed by atoms with Gasteiger partial charge in [0.05, 0.1) is 11.7 Å². The van der Waals surface area contributed by atoms with Crippen LogP contribution in [0.1, 0.15) is 53.7 Å². The van der Waals surface area contributed by atoms with Gasteiger partial charge in [-0.2, -0.15) is 5.10 Å². The molecule has 0 bridgehead atoms. The summed E-state index contributed by atoms with van der Waals surface area (Å²) >= 11 is 0. The van der Waals surface area contributed by atoms with Gasteiger partial charge in [0.2, 0.25) is 0 Å². The third-order valence-corrected chi connectivity index (χ3v) is 3.52. The molecule has 1 aromatic rings. The first-order chi connectivity index (χ1) is 8.25. The first kappa shape index (κ1) is 10.8. The van der Waals surface area contributed by atoms with Gasteiger partial charge in [-0.05, 0) is 25.7 Å². The van der Waals surface area contributed by atoms with Crippen LogP contribution in [0, 0.1) is 0 Å². The van der Waals surface area contributed by atoms with Crippen molar-refractivity contribution in [1.29, 1.82) is 0 Å². The lowest BCUT2D eigenvalue weighted by Gasteiger charge is -2.20. The van der Waals surface area contributed by atoms with Crippen LogP contribution in [0.25, 0.3) is 0 Å². The van der Waals surface area contributed by atoms with Crippen molar-refractivity contribution in [3.8, 4) is 0 Å². The lowest BCUT2D eigenvalue weighted by Crippen LogP contribution is -2.16. The summed E-state index contributed by atoms with van der Waals surface area (Å²) in [5.74, 6) is -0.617. The summed E-state index contributed by atoms with van der Waals surface area (Å²) in [5, 5.41) is 13.7. The van der Waals surface area contributed by atoms with E-state index in [9.17, 15) is 9.90 Å². The van der Waals surface area contributed by atoms with E-state index in [0.29, 0.717) is 24.8 Å². The van der Waals surface area contributed by atoms with E-state index in [-0.39, 0.29) is 5.92 Å². The molecule has 1 aliphatic carbocycles. The van der Waals surface area contributed by atoms with Crippen LogP contribution < -0.4 is 0 Å². The van der Waals surface area contributed by atoms with Crippen LogP contribution >= 0.6 is 0 Å². The van der Waals surface area contributed by atoms with E-state index < -0.39 is 5.97 Å². The van der Waals surface area contributed by atoms with Crippen molar-refractivity contribution < 1.29 is 14.6 Å². The van der Waals surface area contributed by atoms with Crippen molar-refractivity contribution >= 4 is 5.97 Å². The van der Waals surface area contributed by atoms with Crippen LogP contribution in [0.15, 0.2) is 6.20 Å². The molecular weight excluding hydrogens is 220 g/mol. The molecule has 1 N–H and O–H groups in total. The summed E-state index contributed by atoms with van der Waals surface area (Å²) < 4.78 is 7.15. The maximum Gasteiger partial charge on any atom is 0.339 e. The van der Waals surface area contributed by atoms with Crippen LogP contribution in [0.3, 0.4) is 0 Å². The van der Waals surface area contributed by atoms with Crippen LogP contribution in [0.4, 0.5) is 0 Å². The molecule has 0 spiro atoms. The molecule has 1 saturated carbocycles. The summed E-state index contributed by atoms with van der Waals surface area (Å²) in [5.41, 5.74) is 1.14. The second kappa shape index (κ2) is 4.14. The molecule has 2 aliphatic rings. The van der Waals surface area contributed by atoms with Crippen molar-refractivity contribution in [1.82, 2.24) is 9.78 Å². The molecule has 5 nitrogen and oxygen atoms in total. The third kappa shape index (κ3) is 2.07. The minimum Gasteiger partial charge on any atom is -0.478 e. The van der Waals surface area contributed by atoms with Gasteiger partial charge in [0.15, 0.2) is 0 Å². The second-order valence-corrected chi connectivity index (χ2v) is 4.83. The van der Waals surface area contributed by atoms with Gasteiger partial charge in [-0.25, -0.2) is 4.79 Å². The highest BCUT2D eigenvalue weighted by molar-refractivity contribution is 5.88. The fourth-order valence-corrected chi connectivity index (χ4v) is 2.37. The fraction of sp³-hybridized carbons (Fsp3) is 0.667. The number of carboxylic acid groups (broad SMARTS) is 1. The normalized spacial score (nSPS) is 21.6. The molecule has 1 saturated heterocycles. The van der Waals surface area contributed by atoms with Crippen LogP contribution in [0.5, 0.6) is 0 Å². The maximum absolute atomic E-state index is 11.2. The van der Waals surface area contributed by atoms with Crippen molar-refractivity contribution in [3.05, 3.63) is 17.5 Å². The number of carboxylic acids is 1. The molecular formula is C12H16N2O3. The Morgan fingerprint density at radius 3 is 2.65 bits per heavy atom. The third-order valence-electron chi connectivity index (χ3n) is 3.52. The zero-order valence-corrected chi connectivity index (χ0v) is 9.63. The smallest absolute Gasteiger partial charge is 0.339 e. The first-order valence-electron chi connectivity index (χ1n) is 6.16.